The van der Waals surface area contributed by atoms with E-state index in [0.29, 0.717) is 45.2 Å². The third-order valence-corrected chi connectivity index (χ3v) is 24.9. The first-order chi connectivity index (χ1) is 53.0. The Morgan fingerprint density at radius 1 is 0.595 bits per heavy atom. The first-order valence-electron chi connectivity index (χ1n) is 37.4. The summed E-state index contributed by atoms with van der Waals surface area (Å²) in [4.78, 5) is 27.6. The second-order valence-electron chi connectivity index (χ2n) is 28.3. The summed E-state index contributed by atoms with van der Waals surface area (Å²) in [6, 6.07) is 27.5. The number of hydrogen-bond donors (Lipinski definition) is 6. The lowest BCUT2D eigenvalue weighted by molar-refractivity contribution is 0.0115. The fourth-order valence-corrected chi connectivity index (χ4v) is 17.0. The van der Waals surface area contributed by atoms with Crippen LogP contribution in [-0.2, 0) is 55.7 Å². The number of anilines is 9. The Morgan fingerprint density at radius 2 is 1.05 bits per heavy atom. The van der Waals surface area contributed by atoms with E-state index in [2.05, 4.69) is 138 Å². The van der Waals surface area contributed by atoms with Crippen LogP contribution < -0.4 is 51.6 Å². The largest absolute Gasteiger partial charge is 0.495 e. The van der Waals surface area contributed by atoms with Gasteiger partial charge in [0.15, 0.2) is 0 Å². The fraction of sp³-hybridized carbons (Fsp3) is 0.443. The summed E-state index contributed by atoms with van der Waals surface area (Å²) in [5.74, 6) is 3.01. The molecule has 0 atom stereocenters. The van der Waals surface area contributed by atoms with Gasteiger partial charge >= 0.3 is 0 Å². The zero-order chi connectivity index (χ0) is 80.2. The molecule has 0 radical (unpaired) electrons. The summed E-state index contributed by atoms with van der Waals surface area (Å²) in [5.41, 5.74) is 18.9. The summed E-state index contributed by atoms with van der Waals surface area (Å²) < 4.78 is 83.0. The van der Waals surface area contributed by atoms with Gasteiger partial charge in [0, 0.05) is 155 Å². The maximum atomic E-state index is 13.4. The van der Waals surface area contributed by atoms with Crippen LogP contribution in [0.4, 0.5) is 51.7 Å². The van der Waals surface area contributed by atoms with Crippen molar-refractivity contribution in [2.45, 2.75) is 96.0 Å². The van der Waals surface area contributed by atoms with E-state index in [9.17, 15) is 17.5 Å². The second kappa shape index (κ2) is 41.0. The van der Waals surface area contributed by atoms with E-state index in [-0.39, 0.29) is 10.2 Å². The van der Waals surface area contributed by atoms with Crippen molar-refractivity contribution in [2.24, 2.45) is 14.1 Å². The van der Waals surface area contributed by atoms with Crippen LogP contribution in [0.1, 0.15) is 76.0 Å². The number of rotatable bonds is 21. The number of nitrogens with zero attached hydrogens (tertiary/aromatic N) is 12. The van der Waals surface area contributed by atoms with Gasteiger partial charge in [-0.15, -0.1) is 0 Å². The van der Waals surface area contributed by atoms with Gasteiger partial charge in [0.2, 0.25) is 11.2 Å². The average molecular weight is 1730 g/mol. The summed E-state index contributed by atoms with van der Waals surface area (Å²) in [5, 5.41) is 28.1. The maximum absolute atomic E-state index is 13.4. The molecule has 8 heterocycles. The van der Waals surface area contributed by atoms with Crippen LogP contribution in [0, 0.1) is 6.92 Å². The number of ether oxygens (including phenoxy) is 4. The number of nitrogens with one attached hydrogen (secondary N) is 3. The molecule has 26 nitrogen and oxygen atoms in total. The molecule has 5 aromatic carbocycles. The predicted octanol–water partition coefficient (Wildman–Crippen LogP) is 14.7. The molecular formula is C79H107Br2ClN16O10P2S. The smallest absolute Gasteiger partial charge is 0.294 e. The number of piperidine rings is 2. The van der Waals surface area contributed by atoms with Crippen molar-refractivity contribution in [3.05, 3.63) is 153 Å². The Hall–Kier alpha value is -7.50. The molecule has 4 fully saturated rings. The molecule has 7 N–H and O–H groups in total. The van der Waals surface area contributed by atoms with Gasteiger partial charge in [-0.25, -0.2) is 9.97 Å². The highest BCUT2D eigenvalue weighted by Crippen LogP contribution is 2.44. The van der Waals surface area contributed by atoms with E-state index < -0.39 is 24.4 Å². The van der Waals surface area contributed by atoms with Crippen LogP contribution in [0.25, 0.3) is 22.3 Å². The summed E-state index contributed by atoms with van der Waals surface area (Å²) >= 11 is 12.9. The number of aromatic nitrogens is 8. The molecule has 600 valence electrons. The van der Waals surface area contributed by atoms with Crippen molar-refractivity contribution >= 4 is 130 Å². The maximum Gasteiger partial charge on any atom is 0.294 e. The summed E-state index contributed by atoms with van der Waals surface area (Å²) in [6.45, 7) is 27.5. The molecule has 111 heavy (non-hydrogen) atoms. The lowest BCUT2D eigenvalue weighted by atomic mass is 10.00. The molecule has 32 heteroatoms. The molecule has 0 unspecified atom stereocenters. The summed E-state index contributed by atoms with van der Waals surface area (Å²) in [7, 11) is -2.09. The lowest BCUT2D eigenvalue weighted by Gasteiger charge is -2.41. The van der Waals surface area contributed by atoms with E-state index >= 15 is 0 Å². The highest BCUT2D eigenvalue weighted by molar-refractivity contribution is 9.11. The van der Waals surface area contributed by atoms with Gasteiger partial charge in [-0.1, -0.05) is 57.0 Å². The number of aryl methyl sites for hydroxylation is 5. The van der Waals surface area contributed by atoms with Crippen LogP contribution in [0.5, 0.6) is 11.5 Å². The van der Waals surface area contributed by atoms with Crippen LogP contribution in [0.3, 0.4) is 0 Å². The number of aliphatic hydroxyl groups is 1. The number of benzene rings is 5. The van der Waals surface area contributed by atoms with Gasteiger partial charge in [-0.05, 0) is 193 Å². The fourth-order valence-electron chi connectivity index (χ4n) is 13.5. The number of nitrogens with two attached hydrogens (primary N) is 1. The van der Waals surface area contributed by atoms with Gasteiger partial charge < -0.3 is 64.7 Å². The first kappa shape index (κ1) is 87.5. The van der Waals surface area contributed by atoms with Gasteiger partial charge in [-0.2, -0.15) is 28.6 Å². The number of methoxy groups -OCH3 is 2. The van der Waals surface area contributed by atoms with E-state index in [1.54, 1.807) is 87.2 Å². The van der Waals surface area contributed by atoms with E-state index in [0.717, 1.165) is 190 Å². The number of aliphatic hydroxyl groups excluding tert-OH is 1. The zero-order valence-corrected chi connectivity index (χ0v) is 72.1. The molecule has 0 aliphatic carbocycles. The van der Waals surface area contributed by atoms with E-state index in [4.69, 9.17) is 50.9 Å². The minimum atomic E-state index is -4.02. The standard InChI is InChI=1S/C34H44BrN8O3P.C18H29N3O2.C16H16BrClN5OP.C7H8O3S.C4H10O/c1-6-23-17-29(31(45-3)19-30(23)43-11-9-26(10-12-43)42-13-15-46-16-14-42)39-34-36-21-27(35)33(40-34)38-28-8-7-24(18-32(28)47(4,5)44)25-20-37-41(2)22-25;1-3-14-12-16(19)18(22-2)13-17(14)21-6-4-15(5-7-21)20-8-10-23-11-9-20;1-23-9-11(7-20-23)10-4-5-13(14(6-10)25(2,3)24)21-15-12(17)8-19-16(18)22-15;1-6-2-4-7(5-3-6)11(8,9)10;1-2-3-4-5/h7-8,17-22,26H,6,9-16H2,1-5H3,(H2,36,38,39,40);12-13,15H,3-11,19H2,1-2H3;4-9H,1-3H3,(H,19,21,22);2-5H,1H3,(H,8,9,10);5H,2-4H2,1H3. The Labute approximate surface area is 675 Å². The first-order valence-corrected chi connectivity index (χ1v) is 46.0. The minimum absolute atomic E-state index is 0.0666. The third kappa shape index (κ3) is 24.8. The quantitative estimate of drug-likeness (QED) is 0.0168. The molecule has 4 aromatic heterocycles. The Balaban J connectivity index is 0.000000185. The number of halogens is 3. The minimum Gasteiger partial charge on any atom is -0.495 e. The Bertz CT molecular complexity index is 4750. The van der Waals surface area contributed by atoms with Crippen molar-refractivity contribution in [3.8, 4) is 33.8 Å². The Morgan fingerprint density at radius 3 is 1.45 bits per heavy atom. The van der Waals surface area contributed by atoms with E-state index in [1.807, 2.05) is 69.8 Å². The van der Waals surface area contributed by atoms with Gasteiger partial charge in [0.1, 0.15) is 37.4 Å². The molecule has 4 aliphatic heterocycles. The highest BCUT2D eigenvalue weighted by Gasteiger charge is 2.30. The van der Waals surface area contributed by atoms with Crippen molar-refractivity contribution in [3.63, 3.8) is 0 Å². The molecule has 9 aromatic rings. The summed E-state index contributed by atoms with van der Waals surface area (Å²) in [6.07, 6.45) is 19.4. The van der Waals surface area contributed by atoms with Crippen LogP contribution in [0.2, 0.25) is 5.28 Å². The zero-order valence-electron chi connectivity index (χ0n) is 65.6. The lowest BCUT2D eigenvalue weighted by Crippen LogP contribution is -2.49. The predicted molar refractivity (Wildman–Crippen MR) is 457 cm³/mol. The highest BCUT2D eigenvalue weighted by atomic mass is 79.9. The van der Waals surface area contributed by atoms with Crippen LogP contribution >= 0.6 is 57.7 Å². The van der Waals surface area contributed by atoms with Crippen molar-refractivity contribution in [2.75, 3.05) is 158 Å². The molecule has 0 bridgehead atoms. The SMILES string of the molecule is CCCCO.CCc1cc(N)c(OC)cc1N1CCC(N2CCOCC2)CC1.CCc1cc(Nc2ncc(Br)c(Nc3ccc(-c4cnn(C)c4)cc3P(C)(C)=O)n2)c(OC)cc1N1CCC(N2CCOCC2)CC1.Cc1ccc(S(=O)(=O)O)cc1.Cn1cc(-c2ccc(Nc3nc(Cl)ncc3Br)c(P(C)(C)=O)c2)cn1. The van der Waals surface area contributed by atoms with Crippen molar-refractivity contribution in [1.82, 2.24) is 49.3 Å². The second-order valence-corrected chi connectivity index (χ2v) is 38.1. The average Bonchev–Trinajstić information content (AvgIpc) is 1.54. The molecule has 4 saturated heterocycles. The monoisotopic (exact) mass is 1730 g/mol. The van der Waals surface area contributed by atoms with Crippen LogP contribution in [0.15, 0.2) is 136 Å². The molecule has 0 saturated carbocycles. The third-order valence-electron chi connectivity index (χ3n) is 19.6. The van der Waals surface area contributed by atoms with Crippen molar-refractivity contribution in [1.29, 1.82) is 0 Å². The van der Waals surface area contributed by atoms with E-state index in [1.165, 1.54) is 47.5 Å². The van der Waals surface area contributed by atoms with Crippen LogP contribution in [-0.4, -0.2) is 206 Å². The molecule has 0 spiro atoms. The molecule has 4 aliphatic rings. The molecule has 13 rings (SSSR count). The normalized spacial score (nSPS) is 15.3. The number of hydrogen-bond acceptors (Lipinski definition) is 23. The van der Waals surface area contributed by atoms with Gasteiger partial charge in [0.05, 0.1) is 89.6 Å². The van der Waals surface area contributed by atoms with Gasteiger partial charge in [0.25, 0.3) is 10.1 Å². The van der Waals surface area contributed by atoms with Crippen molar-refractivity contribution < 1.29 is 46.2 Å². The number of morpholine rings is 2. The molecular weight excluding hydrogens is 1620 g/mol. The Kier molecular flexibility index (Phi) is 32.3. The van der Waals surface area contributed by atoms with Gasteiger partial charge in [-0.3, -0.25) is 23.7 Å². The number of nitrogen functional groups attached to an aromatic ring is 1. The number of unbranched alkanes of at least 4 members (excludes halogenated alkanes) is 1. The topological polar surface area (TPSA) is 308 Å². The molecule has 0 amide bonds.